The summed E-state index contributed by atoms with van der Waals surface area (Å²) in [7, 11) is 0. The van der Waals surface area contributed by atoms with E-state index in [1.54, 1.807) is 26.1 Å². The van der Waals surface area contributed by atoms with Crippen LogP contribution < -0.4 is 0 Å². The third-order valence-corrected chi connectivity index (χ3v) is 0.902. The van der Waals surface area contributed by atoms with E-state index in [0.717, 1.165) is 0 Å². The summed E-state index contributed by atoms with van der Waals surface area (Å²) in [6, 6.07) is 0. The number of ketones is 1. The first-order chi connectivity index (χ1) is 4.22. The van der Waals surface area contributed by atoms with E-state index in [0.29, 0.717) is 5.70 Å². The van der Waals surface area contributed by atoms with E-state index in [-0.39, 0.29) is 5.78 Å². The maximum absolute atomic E-state index is 10.6. The van der Waals surface area contributed by atoms with Gasteiger partial charge in [0.15, 0.2) is 5.78 Å². The second kappa shape index (κ2) is 4.01. The van der Waals surface area contributed by atoms with Crippen LogP contribution >= 0.6 is 0 Å². The third-order valence-electron chi connectivity index (χ3n) is 0.902. The molecule has 0 radical (unpaired) electrons. The third kappa shape index (κ3) is 2.80. The minimum atomic E-state index is 0.00981. The highest BCUT2D eigenvalue weighted by Gasteiger charge is 1.95. The quantitative estimate of drug-likeness (QED) is 0.407. The Morgan fingerprint density at radius 3 is 2.11 bits per heavy atom. The first kappa shape index (κ1) is 8.08. The Labute approximate surface area is 55.3 Å². The van der Waals surface area contributed by atoms with Gasteiger partial charge in [-0.05, 0) is 13.8 Å². The van der Waals surface area contributed by atoms with Crippen molar-refractivity contribution in [3.05, 3.63) is 11.8 Å². The number of hydrogen-bond acceptors (Lipinski definition) is 2. The van der Waals surface area contributed by atoms with Crippen LogP contribution in [0.4, 0.5) is 0 Å². The van der Waals surface area contributed by atoms with Gasteiger partial charge >= 0.3 is 0 Å². The van der Waals surface area contributed by atoms with Crippen LogP contribution in [0.1, 0.15) is 20.8 Å². The van der Waals surface area contributed by atoms with Gasteiger partial charge in [0.05, 0.1) is 0 Å². The zero-order valence-corrected chi connectivity index (χ0v) is 6.01. The van der Waals surface area contributed by atoms with E-state index < -0.39 is 0 Å². The van der Waals surface area contributed by atoms with Crippen LogP contribution in [0.15, 0.2) is 16.8 Å². The highest BCUT2D eigenvalue weighted by atomic mass is 16.1. The molecule has 0 unspecified atom stereocenters. The smallest absolute Gasteiger partial charge is 0.177 e. The van der Waals surface area contributed by atoms with Crippen molar-refractivity contribution in [1.29, 1.82) is 0 Å². The number of aliphatic imine (C=N–C) groups is 1. The maximum atomic E-state index is 10.6. The van der Waals surface area contributed by atoms with Crippen molar-refractivity contribution in [3.8, 4) is 0 Å². The van der Waals surface area contributed by atoms with Gasteiger partial charge in [-0.15, -0.1) is 0 Å². The Bertz CT molecular complexity index is 156. The van der Waals surface area contributed by atoms with Gasteiger partial charge in [0.2, 0.25) is 0 Å². The normalized spacial score (nSPS) is 12.6. The zero-order chi connectivity index (χ0) is 7.28. The zero-order valence-electron chi connectivity index (χ0n) is 6.01. The van der Waals surface area contributed by atoms with Crippen molar-refractivity contribution in [2.75, 3.05) is 0 Å². The van der Waals surface area contributed by atoms with Crippen LogP contribution in [0.5, 0.6) is 0 Å². The van der Waals surface area contributed by atoms with Crippen molar-refractivity contribution in [3.63, 3.8) is 0 Å². The molecule has 9 heavy (non-hydrogen) atoms. The molecule has 0 amide bonds. The maximum Gasteiger partial charge on any atom is 0.177 e. The number of Topliss-reactive ketones (excluding diaryl/α,β-unsaturated/α-hetero) is 1. The van der Waals surface area contributed by atoms with E-state index in [9.17, 15) is 4.79 Å². The lowest BCUT2D eigenvalue weighted by Crippen LogP contribution is -1.91. The van der Waals surface area contributed by atoms with Crippen molar-refractivity contribution in [1.82, 2.24) is 0 Å². The number of carbonyl (C=O) groups excluding carboxylic acids is 1. The molecule has 0 heterocycles. The molecule has 2 nitrogen and oxygen atoms in total. The summed E-state index contributed by atoms with van der Waals surface area (Å²) in [6.45, 7) is 5.08. The largest absolute Gasteiger partial charge is 0.293 e. The Kier molecular flexibility index (Phi) is 3.60. The number of hydrogen-bond donors (Lipinski definition) is 0. The fourth-order valence-electron chi connectivity index (χ4n) is 0.508. The fourth-order valence-corrected chi connectivity index (χ4v) is 0.508. The lowest BCUT2D eigenvalue weighted by molar-refractivity contribution is -0.113. The molecule has 0 aromatic rings. The average Bonchev–Trinajstić information content (AvgIpc) is 1.82. The molecule has 0 spiro atoms. The molecular formula is C7H11NO. The number of nitrogens with zero attached hydrogens (tertiary/aromatic N) is 1. The molecule has 0 N–H and O–H groups in total. The van der Waals surface area contributed by atoms with Gasteiger partial charge < -0.3 is 0 Å². The van der Waals surface area contributed by atoms with E-state index in [1.807, 2.05) is 0 Å². The Morgan fingerprint density at radius 2 is 2.00 bits per heavy atom. The lowest BCUT2D eigenvalue weighted by Gasteiger charge is -1.89. The molecule has 50 valence electrons. The SMILES string of the molecule is C/C=N\C(=C/C)C(C)=O. The monoisotopic (exact) mass is 125 g/mol. The Balaban J connectivity index is 4.19. The fraction of sp³-hybridized carbons (Fsp3) is 0.429. The van der Waals surface area contributed by atoms with Crippen molar-refractivity contribution < 1.29 is 4.79 Å². The van der Waals surface area contributed by atoms with Gasteiger partial charge in [-0.3, -0.25) is 9.79 Å². The summed E-state index contributed by atoms with van der Waals surface area (Å²) >= 11 is 0. The van der Waals surface area contributed by atoms with Gasteiger partial charge in [-0.25, -0.2) is 0 Å². The van der Waals surface area contributed by atoms with Crippen molar-refractivity contribution in [2.45, 2.75) is 20.8 Å². The van der Waals surface area contributed by atoms with Crippen LogP contribution in [0, 0.1) is 0 Å². The molecule has 0 bridgehead atoms. The summed E-state index contributed by atoms with van der Waals surface area (Å²) in [5, 5.41) is 0. The van der Waals surface area contributed by atoms with Gasteiger partial charge in [-0.2, -0.15) is 0 Å². The van der Waals surface area contributed by atoms with Crippen LogP contribution in [0.25, 0.3) is 0 Å². The second-order valence-corrected chi connectivity index (χ2v) is 1.62. The molecule has 2 heteroatoms. The molecule has 0 aromatic heterocycles. The van der Waals surface area contributed by atoms with Crippen LogP contribution in [-0.2, 0) is 4.79 Å². The number of allylic oxidation sites excluding steroid dienone is 2. The summed E-state index contributed by atoms with van der Waals surface area (Å²) in [6.07, 6.45) is 3.30. The highest BCUT2D eigenvalue weighted by molar-refractivity contribution is 5.94. The van der Waals surface area contributed by atoms with Gasteiger partial charge in [0, 0.05) is 13.1 Å². The summed E-state index contributed by atoms with van der Waals surface area (Å²) in [5.74, 6) is 0.00981. The molecule has 0 atom stereocenters. The Hall–Kier alpha value is -0.920. The standard InChI is InChI=1S/C7H11NO/c1-4-7(6(3)9)8-5-2/h4-5H,1-3H3/b7-4-,8-5-. The lowest BCUT2D eigenvalue weighted by atomic mass is 10.3. The van der Waals surface area contributed by atoms with E-state index in [4.69, 9.17) is 0 Å². The Morgan fingerprint density at radius 1 is 1.44 bits per heavy atom. The molecule has 0 aromatic carbocycles. The van der Waals surface area contributed by atoms with Gasteiger partial charge in [0.1, 0.15) is 5.70 Å². The number of rotatable bonds is 2. The molecule has 0 fully saturated rings. The first-order valence-corrected chi connectivity index (χ1v) is 2.88. The molecule has 0 saturated heterocycles. The minimum absolute atomic E-state index is 0.00981. The molecular weight excluding hydrogens is 114 g/mol. The first-order valence-electron chi connectivity index (χ1n) is 2.88. The van der Waals surface area contributed by atoms with E-state index in [1.165, 1.54) is 6.92 Å². The van der Waals surface area contributed by atoms with Crippen molar-refractivity contribution >= 4 is 12.0 Å². The topological polar surface area (TPSA) is 29.4 Å². The summed E-state index contributed by atoms with van der Waals surface area (Å²) in [5.41, 5.74) is 0.525. The molecule has 0 aliphatic heterocycles. The van der Waals surface area contributed by atoms with Crippen LogP contribution in [-0.4, -0.2) is 12.0 Å². The predicted molar refractivity (Wildman–Crippen MR) is 38.6 cm³/mol. The molecule has 0 aliphatic carbocycles. The summed E-state index contributed by atoms with van der Waals surface area (Å²) < 4.78 is 0. The molecule has 0 saturated carbocycles. The van der Waals surface area contributed by atoms with E-state index >= 15 is 0 Å². The van der Waals surface area contributed by atoms with Crippen LogP contribution in [0.3, 0.4) is 0 Å². The molecule has 0 aliphatic rings. The van der Waals surface area contributed by atoms with Crippen LogP contribution in [0.2, 0.25) is 0 Å². The van der Waals surface area contributed by atoms with Gasteiger partial charge in [-0.1, -0.05) is 6.08 Å². The van der Waals surface area contributed by atoms with Gasteiger partial charge in [0.25, 0.3) is 0 Å². The average molecular weight is 125 g/mol. The number of carbonyl (C=O) groups is 1. The molecule has 0 rings (SSSR count). The van der Waals surface area contributed by atoms with E-state index in [2.05, 4.69) is 4.99 Å². The minimum Gasteiger partial charge on any atom is -0.293 e. The second-order valence-electron chi connectivity index (χ2n) is 1.62. The summed E-state index contributed by atoms with van der Waals surface area (Å²) in [4.78, 5) is 14.4. The highest BCUT2D eigenvalue weighted by Crippen LogP contribution is 1.95. The predicted octanol–water partition coefficient (Wildman–Crippen LogP) is 1.57. The van der Waals surface area contributed by atoms with Crippen molar-refractivity contribution in [2.24, 2.45) is 4.99 Å².